The first-order valence-electron chi connectivity index (χ1n) is 9.69. The fourth-order valence-electron chi connectivity index (χ4n) is 2.73. The Morgan fingerprint density at radius 1 is 1.15 bits per heavy atom. The highest BCUT2D eigenvalue weighted by atomic mass is 19.4. The van der Waals surface area contributed by atoms with Crippen LogP contribution < -0.4 is 20.9 Å². The lowest BCUT2D eigenvalue weighted by Gasteiger charge is -2.24. The third-order valence-corrected chi connectivity index (χ3v) is 4.80. The summed E-state index contributed by atoms with van der Waals surface area (Å²) >= 11 is 0. The number of aromatic amines is 1. The Kier molecular flexibility index (Phi) is 6.47. The molecule has 2 amide bonds. The number of nitrogens with zero attached hydrogens (tertiary/aromatic N) is 1. The number of urea groups is 1. The summed E-state index contributed by atoms with van der Waals surface area (Å²) in [7, 11) is 0. The minimum absolute atomic E-state index is 0.0812. The molecule has 0 bridgehead atoms. The number of carbonyl (C=O) groups is 1. The molecule has 2 heterocycles. The molecule has 0 spiro atoms. The predicted octanol–water partition coefficient (Wildman–Crippen LogP) is 5.05. The summed E-state index contributed by atoms with van der Waals surface area (Å²) in [5.74, 6) is -1.47. The monoisotopic (exact) mass is 468 g/mol. The maximum Gasteiger partial charge on any atom is 0.401 e. The van der Waals surface area contributed by atoms with E-state index in [0.29, 0.717) is 11.1 Å². The Morgan fingerprint density at radius 3 is 2.52 bits per heavy atom. The van der Waals surface area contributed by atoms with Crippen LogP contribution in [-0.2, 0) is 5.41 Å². The number of rotatable bonds is 6. The topological polar surface area (TPSA) is 109 Å². The standard InChI is InChI=1S/C21H20F4N4O4/c1-4-32-15-8-12(10-26-18(15)30)11-5-6-14(13(22)7-11)27-19(31)28-17-9-16(33-29-17)20(2,3)21(23,24)25/h5-10H,4H2,1-3H3,(H,26,30)(H2,27,28,29,31). The van der Waals surface area contributed by atoms with Crippen LogP contribution in [0.25, 0.3) is 11.1 Å². The molecular weight excluding hydrogens is 448 g/mol. The van der Waals surface area contributed by atoms with Crippen molar-refractivity contribution in [3.63, 3.8) is 0 Å². The van der Waals surface area contributed by atoms with E-state index in [4.69, 9.17) is 9.26 Å². The number of H-pyrrole nitrogens is 1. The van der Waals surface area contributed by atoms with Crippen LogP contribution in [0, 0.1) is 5.82 Å². The highest BCUT2D eigenvalue weighted by Crippen LogP contribution is 2.41. The third-order valence-electron chi connectivity index (χ3n) is 4.80. The number of anilines is 2. The van der Waals surface area contributed by atoms with Crippen LogP contribution in [0.2, 0.25) is 0 Å². The molecule has 0 saturated carbocycles. The van der Waals surface area contributed by atoms with Crippen molar-refractivity contribution in [2.45, 2.75) is 32.4 Å². The average Bonchev–Trinajstić information content (AvgIpc) is 3.19. The number of nitrogens with one attached hydrogen (secondary N) is 3. The van der Waals surface area contributed by atoms with Gasteiger partial charge in [-0.2, -0.15) is 13.2 Å². The van der Waals surface area contributed by atoms with Crippen molar-refractivity contribution >= 4 is 17.5 Å². The molecule has 2 aromatic heterocycles. The normalized spacial score (nSPS) is 11.8. The molecule has 0 atom stereocenters. The van der Waals surface area contributed by atoms with Crippen LogP contribution in [0.1, 0.15) is 26.5 Å². The SMILES string of the molecule is CCOc1cc(-c2ccc(NC(=O)Nc3cc(C(C)(C)C(F)(F)F)on3)c(F)c2)c[nH]c1=O. The molecule has 0 unspecified atom stereocenters. The number of hydrogen-bond donors (Lipinski definition) is 3. The summed E-state index contributed by atoms with van der Waals surface area (Å²) in [5.41, 5.74) is -2.04. The predicted molar refractivity (Wildman–Crippen MR) is 112 cm³/mol. The van der Waals surface area contributed by atoms with Crippen LogP contribution in [0.15, 0.2) is 45.8 Å². The summed E-state index contributed by atoms with van der Waals surface area (Å²) in [6, 6.07) is 5.40. The first-order chi connectivity index (χ1) is 15.4. The van der Waals surface area contributed by atoms with Gasteiger partial charge in [0.05, 0.1) is 12.3 Å². The molecule has 0 radical (unpaired) electrons. The Labute approximate surface area is 184 Å². The molecule has 3 rings (SSSR count). The van der Waals surface area contributed by atoms with Gasteiger partial charge in [-0.25, -0.2) is 9.18 Å². The quantitative estimate of drug-likeness (QED) is 0.439. The van der Waals surface area contributed by atoms with Gasteiger partial charge in [-0.3, -0.25) is 10.1 Å². The molecule has 0 aliphatic heterocycles. The van der Waals surface area contributed by atoms with Crippen LogP contribution >= 0.6 is 0 Å². The summed E-state index contributed by atoms with van der Waals surface area (Å²) in [4.78, 5) is 26.4. The van der Waals surface area contributed by atoms with Gasteiger partial charge in [0.15, 0.2) is 17.3 Å². The van der Waals surface area contributed by atoms with Crippen molar-refractivity contribution in [1.29, 1.82) is 0 Å². The van der Waals surface area contributed by atoms with Gasteiger partial charge in [0.1, 0.15) is 11.2 Å². The number of amides is 2. The van der Waals surface area contributed by atoms with Crippen molar-refractivity contribution < 1.29 is 31.6 Å². The van der Waals surface area contributed by atoms with Crippen LogP contribution in [0.4, 0.5) is 33.9 Å². The molecule has 12 heteroatoms. The van der Waals surface area contributed by atoms with Gasteiger partial charge in [-0.1, -0.05) is 11.2 Å². The summed E-state index contributed by atoms with van der Waals surface area (Å²) < 4.78 is 63.8. The second-order valence-corrected chi connectivity index (χ2v) is 7.49. The third kappa shape index (κ3) is 5.16. The number of pyridine rings is 1. The van der Waals surface area contributed by atoms with Crippen molar-refractivity contribution in [3.05, 3.63) is 58.5 Å². The van der Waals surface area contributed by atoms with Gasteiger partial charge in [0.25, 0.3) is 5.56 Å². The van der Waals surface area contributed by atoms with E-state index in [1.807, 2.05) is 0 Å². The molecule has 3 aromatic rings. The lowest BCUT2D eigenvalue weighted by atomic mass is 9.89. The Morgan fingerprint density at radius 2 is 1.88 bits per heavy atom. The van der Waals surface area contributed by atoms with Crippen molar-refractivity contribution in [2.75, 3.05) is 17.2 Å². The minimum atomic E-state index is -4.59. The average molecular weight is 468 g/mol. The zero-order valence-electron chi connectivity index (χ0n) is 17.8. The molecular formula is C21H20F4N4O4. The number of aromatic nitrogens is 2. The zero-order chi connectivity index (χ0) is 24.4. The molecule has 33 heavy (non-hydrogen) atoms. The maximum atomic E-state index is 14.5. The van der Waals surface area contributed by atoms with Gasteiger partial charge >= 0.3 is 12.2 Å². The van der Waals surface area contributed by atoms with Crippen molar-refractivity contribution in [3.8, 4) is 16.9 Å². The van der Waals surface area contributed by atoms with Gasteiger partial charge in [-0.15, -0.1) is 0 Å². The molecule has 0 saturated heterocycles. The number of carbonyl (C=O) groups excluding carboxylic acids is 1. The van der Waals surface area contributed by atoms with Crippen LogP contribution in [0.5, 0.6) is 5.75 Å². The molecule has 8 nitrogen and oxygen atoms in total. The second kappa shape index (κ2) is 8.96. The summed E-state index contributed by atoms with van der Waals surface area (Å²) in [6.45, 7) is 3.82. The van der Waals surface area contributed by atoms with E-state index in [9.17, 15) is 27.2 Å². The lowest BCUT2D eigenvalue weighted by Crippen LogP contribution is -2.35. The Balaban J connectivity index is 1.72. The smallest absolute Gasteiger partial charge is 0.401 e. The van der Waals surface area contributed by atoms with E-state index in [2.05, 4.69) is 20.8 Å². The summed E-state index contributed by atoms with van der Waals surface area (Å²) in [5, 5.41) is 7.84. The fraction of sp³-hybridized carbons (Fsp3) is 0.286. The molecule has 3 N–H and O–H groups in total. The van der Waals surface area contributed by atoms with E-state index in [0.717, 1.165) is 26.0 Å². The van der Waals surface area contributed by atoms with Crippen LogP contribution in [-0.4, -0.2) is 29.0 Å². The molecule has 1 aromatic carbocycles. The number of halogens is 4. The first kappa shape index (κ1) is 23.8. The van der Waals surface area contributed by atoms with Gasteiger partial charge < -0.3 is 19.6 Å². The Bertz CT molecular complexity index is 1220. The molecule has 0 aliphatic rings. The highest BCUT2D eigenvalue weighted by molar-refractivity contribution is 5.99. The van der Waals surface area contributed by atoms with Crippen LogP contribution in [0.3, 0.4) is 0 Å². The number of ether oxygens (including phenoxy) is 1. The summed E-state index contributed by atoms with van der Waals surface area (Å²) in [6.07, 6.45) is -3.20. The van der Waals surface area contributed by atoms with E-state index >= 15 is 0 Å². The van der Waals surface area contributed by atoms with Crippen molar-refractivity contribution in [1.82, 2.24) is 10.1 Å². The first-order valence-corrected chi connectivity index (χ1v) is 9.69. The molecule has 0 fully saturated rings. The highest BCUT2D eigenvalue weighted by Gasteiger charge is 2.51. The molecule has 0 aliphatic carbocycles. The van der Waals surface area contributed by atoms with Gasteiger partial charge in [-0.05, 0) is 44.5 Å². The number of alkyl halides is 3. The zero-order valence-corrected chi connectivity index (χ0v) is 17.8. The van der Waals surface area contributed by atoms with Crippen molar-refractivity contribution in [2.24, 2.45) is 0 Å². The lowest BCUT2D eigenvalue weighted by molar-refractivity contribution is -0.185. The number of benzene rings is 1. The second-order valence-electron chi connectivity index (χ2n) is 7.49. The number of hydrogen-bond acceptors (Lipinski definition) is 5. The van der Waals surface area contributed by atoms with Gasteiger partial charge in [0, 0.05) is 17.8 Å². The Hall–Kier alpha value is -3.83. The fourth-order valence-corrected chi connectivity index (χ4v) is 2.73. The molecule has 176 valence electrons. The minimum Gasteiger partial charge on any atom is -0.488 e. The largest absolute Gasteiger partial charge is 0.488 e. The van der Waals surface area contributed by atoms with Gasteiger partial charge in [0.2, 0.25) is 0 Å². The maximum absolute atomic E-state index is 14.5. The van der Waals surface area contributed by atoms with E-state index in [1.165, 1.54) is 24.4 Å². The van der Waals surface area contributed by atoms with E-state index < -0.39 is 34.8 Å². The van der Waals surface area contributed by atoms with E-state index in [1.54, 1.807) is 6.92 Å². The van der Waals surface area contributed by atoms with E-state index in [-0.39, 0.29) is 23.9 Å².